The first-order chi connectivity index (χ1) is 9.22. The summed E-state index contributed by atoms with van der Waals surface area (Å²) in [6.45, 7) is 3.57. The second kappa shape index (κ2) is 9.87. The van der Waals surface area contributed by atoms with Crippen LogP contribution in [0, 0.1) is 5.92 Å². The summed E-state index contributed by atoms with van der Waals surface area (Å²) in [7, 11) is 0. The minimum Gasteiger partial charge on any atom is -0.355 e. The Labute approximate surface area is 120 Å². The number of rotatable bonds is 9. The summed E-state index contributed by atoms with van der Waals surface area (Å²) < 4.78 is 0. The maximum absolute atomic E-state index is 11.6. The first-order valence-electron chi connectivity index (χ1n) is 6.87. The van der Waals surface area contributed by atoms with Crippen LogP contribution in [0.15, 0.2) is 35.2 Å². The molecule has 4 heteroatoms. The van der Waals surface area contributed by atoms with E-state index in [0.29, 0.717) is 18.9 Å². The largest absolute Gasteiger partial charge is 0.355 e. The molecular weight excluding hydrogens is 256 g/mol. The molecule has 0 heterocycles. The van der Waals surface area contributed by atoms with Crippen molar-refractivity contribution in [2.75, 3.05) is 18.8 Å². The lowest BCUT2D eigenvalue weighted by molar-refractivity contribution is -0.121. The second-order valence-electron chi connectivity index (χ2n) is 4.73. The molecule has 19 heavy (non-hydrogen) atoms. The molecular formula is C15H24N2OS. The van der Waals surface area contributed by atoms with Gasteiger partial charge in [-0.1, -0.05) is 25.1 Å². The van der Waals surface area contributed by atoms with E-state index in [4.69, 9.17) is 5.73 Å². The monoisotopic (exact) mass is 280 g/mol. The fourth-order valence-electron chi connectivity index (χ4n) is 1.77. The minimum atomic E-state index is 0.150. The number of carbonyl (C=O) groups is 1. The predicted molar refractivity (Wildman–Crippen MR) is 82.2 cm³/mol. The number of thioether (sulfide) groups is 1. The second-order valence-corrected chi connectivity index (χ2v) is 5.90. The molecule has 1 atom stereocenters. The Bertz CT molecular complexity index is 356. The van der Waals surface area contributed by atoms with Gasteiger partial charge in [0.05, 0.1) is 0 Å². The third-order valence-electron chi connectivity index (χ3n) is 2.96. The van der Waals surface area contributed by atoms with E-state index in [2.05, 4.69) is 24.4 Å². The van der Waals surface area contributed by atoms with Crippen LogP contribution < -0.4 is 11.1 Å². The highest BCUT2D eigenvalue weighted by atomic mass is 32.2. The molecule has 0 radical (unpaired) electrons. The fraction of sp³-hybridized carbons (Fsp3) is 0.533. The van der Waals surface area contributed by atoms with E-state index in [0.717, 1.165) is 25.1 Å². The van der Waals surface area contributed by atoms with E-state index in [9.17, 15) is 4.79 Å². The molecule has 3 nitrogen and oxygen atoms in total. The highest BCUT2D eigenvalue weighted by Crippen LogP contribution is 2.15. The Morgan fingerprint density at radius 2 is 2.05 bits per heavy atom. The predicted octanol–water partition coefficient (Wildman–Crippen LogP) is 2.66. The Morgan fingerprint density at radius 3 is 2.74 bits per heavy atom. The SMILES string of the molecule is CC(CCN)CCC(=O)NCCSc1ccccc1. The summed E-state index contributed by atoms with van der Waals surface area (Å²) in [6, 6.07) is 10.2. The van der Waals surface area contributed by atoms with Crippen LogP contribution in [-0.2, 0) is 4.79 Å². The molecule has 1 amide bonds. The quantitative estimate of drug-likeness (QED) is 0.540. The molecule has 1 aromatic rings. The van der Waals surface area contributed by atoms with Crippen molar-refractivity contribution < 1.29 is 4.79 Å². The van der Waals surface area contributed by atoms with Crippen LogP contribution in [0.5, 0.6) is 0 Å². The van der Waals surface area contributed by atoms with Crippen molar-refractivity contribution in [3.05, 3.63) is 30.3 Å². The number of nitrogens with two attached hydrogens (primary N) is 1. The zero-order chi connectivity index (χ0) is 13.9. The number of amides is 1. The summed E-state index contributed by atoms with van der Waals surface area (Å²) in [5, 5.41) is 2.96. The fourth-order valence-corrected chi connectivity index (χ4v) is 2.56. The highest BCUT2D eigenvalue weighted by molar-refractivity contribution is 7.99. The molecule has 3 N–H and O–H groups in total. The summed E-state index contributed by atoms with van der Waals surface area (Å²) in [6.07, 6.45) is 2.53. The van der Waals surface area contributed by atoms with Gasteiger partial charge in [0.2, 0.25) is 5.91 Å². The van der Waals surface area contributed by atoms with Crippen molar-refractivity contribution in [2.24, 2.45) is 11.7 Å². The van der Waals surface area contributed by atoms with Crippen LogP contribution in [0.25, 0.3) is 0 Å². The van der Waals surface area contributed by atoms with Crippen LogP contribution in [0.2, 0.25) is 0 Å². The molecule has 1 aromatic carbocycles. The van der Waals surface area contributed by atoms with Crippen molar-refractivity contribution in [2.45, 2.75) is 31.1 Å². The molecule has 0 aliphatic heterocycles. The van der Waals surface area contributed by atoms with Crippen LogP contribution in [-0.4, -0.2) is 24.7 Å². The number of nitrogens with one attached hydrogen (secondary N) is 1. The molecule has 0 fully saturated rings. The van der Waals surface area contributed by atoms with Gasteiger partial charge in [0.15, 0.2) is 0 Å². The van der Waals surface area contributed by atoms with E-state index in [1.165, 1.54) is 4.90 Å². The van der Waals surface area contributed by atoms with E-state index in [-0.39, 0.29) is 5.91 Å². The zero-order valence-corrected chi connectivity index (χ0v) is 12.4. The van der Waals surface area contributed by atoms with Gasteiger partial charge in [0.25, 0.3) is 0 Å². The molecule has 1 rings (SSSR count). The van der Waals surface area contributed by atoms with E-state index >= 15 is 0 Å². The third-order valence-corrected chi connectivity index (χ3v) is 3.97. The van der Waals surface area contributed by atoms with Crippen molar-refractivity contribution in [3.63, 3.8) is 0 Å². The summed E-state index contributed by atoms with van der Waals surface area (Å²) >= 11 is 1.76. The highest BCUT2D eigenvalue weighted by Gasteiger charge is 2.05. The Balaban J connectivity index is 2.04. The zero-order valence-electron chi connectivity index (χ0n) is 11.6. The molecule has 0 spiro atoms. The maximum Gasteiger partial charge on any atom is 0.220 e. The standard InChI is InChI=1S/C15H24N2OS/c1-13(9-10-16)7-8-15(18)17-11-12-19-14-5-3-2-4-6-14/h2-6,13H,7-12,16H2,1H3,(H,17,18). The lowest BCUT2D eigenvalue weighted by atomic mass is 10.0. The number of hydrogen-bond acceptors (Lipinski definition) is 3. The maximum atomic E-state index is 11.6. The van der Waals surface area contributed by atoms with Gasteiger partial charge in [-0.25, -0.2) is 0 Å². The van der Waals surface area contributed by atoms with Crippen molar-refractivity contribution in [1.82, 2.24) is 5.32 Å². The Morgan fingerprint density at radius 1 is 1.32 bits per heavy atom. The van der Waals surface area contributed by atoms with E-state index < -0.39 is 0 Å². The van der Waals surface area contributed by atoms with Gasteiger partial charge in [-0.3, -0.25) is 4.79 Å². The Kier molecular flexibility index (Phi) is 8.34. The molecule has 0 aliphatic rings. The van der Waals surface area contributed by atoms with Gasteiger partial charge in [0.1, 0.15) is 0 Å². The van der Waals surface area contributed by atoms with E-state index in [1.54, 1.807) is 11.8 Å². The Hall–Kier alpha value is -1.00. The molecule has 0 bridgehead atoms. The van der Waals surface area contributed by atoms with Gasteiger partial charge < -0.3 is 11.1 Å². The summed E-state index contributed by atoms with van der Waals surface area (Å²) in [4.78, 5) is 12.9. The number of carbonyl (C=O) groups excluding carboxylic acids is 1. The normalized spacial score (nSPS) is 12.1. The van der Waals surface area contributed by atoms with Gasteiger partial charge in [-0.15, -0.1) is 11.8 Å². The molecule has 1 unspecified atom stereocenters. The van der Waals surface area contributed by atoms with Gasteiger partial charge in [-0.2, -0.15) is 0 Å². The van der Waals surface area contributed by atoms with Crippen LogP contribution in [0.3, 0.4) is 0 Å². The van der Waals surface area contributed by atoms with Gasteiger partial charge in [0, 0.05) is 23.6 Å². The van der Waals surface area contributed by atoms with Gasteiger partial charge >= 0.3 is 0 Å². The first-order valence-corrected chi connectivity index (χ1v) is 7.85. The summed E-state index contributed by atoms with van der Waals surface area (Å²) in [5.74, 6) is 1.60. The lowest BCUT2D eigenvalue weighted by Crippen LogP contribution is -2.26. The number of benzene rings is 1. The lowest BCUT2D eigenvalue weighted by Gasteiger charge is -2.09. The smallest absolute Gasteiger partial charge is 0.220 e. The van der Waals surface area contributed by atoms with Crippen molar-refractivity contribution >= 4 is 17.7 Å². The molecule has 0 saturated carbocycles. The average Bonchev–Trinajstić information content (AvgIpc) is 2.43. The molecule has 106 valence electrons. The van der Waals surface area contributed by atoms with Crippen molar-refractivity contribution in [1.29, 1.82) is 0 Å². The minimum absolute atomic E-state index is 0.150. The van der Waals surface area contributed by atoms with Crippen LogP contribution >= 0.6 is 11.8 Å². The molecule has 0 aliphatic carbocycles. The molecule has 0 saturated heterocycles. The number of hydrogen-bond donors (Lipinski definition) is 2. The van der Waals surface area contributed by atoms with Crippen molar-refractivity contribution in [3.8, 4) is 0 Å². The van der Waals surface area contributed by atoms with Crippen LogP contribution in [0.1, 0.15) is 26.2 Å². The molecule has 0 aromatic heterocycles. The first kappa shape index (κ1) is 16.1. The van der Waals surface area contributed by atoms with E-state index in [1.807, 2.05) is 18.2 Å². The van der Waals surface area contributed by atoms with Gasteiger partial charge in [-0.05, 0) is 37.4 Å². The summed E-state index contributed by atoms with van der Waals surface area (Å²) in [5.41, 5.74) is 5.49. The third kappa shape index (κ3) is 7.90. The topological polar surface area (TPSA) is 55.1 Å². The van der Waals surface area contributed by atoms with Crippen LogP contribution in [0.4, 0.5) is 0 Å². The average molecular weight is 280 g/mol.